The summed E-state index contributed by atoms with van der Waals surface area (Å²) in [5.74, 6) is 0.0181. The molecule has 1 aliphatic heterocycles. The highest BCUT2D eigenvalue weighted by Crippen LogP contribution is 2.27. The molecule has 1 amide bonds. The molecule has 178 valence electrons. The maximum absolute atomic E-state index is 13.2. The van der Waals surface area contributed by atoms with Crippen LogP contribution in [0.25, 0.3) is 11.1 Å². The van der Waals surface area contributed by atoms with E-state index in [1.807, 2.05) is 53.5 Å². The predicted molar refractivity (Wildman–Crippen MR) is 131 cm³/mol. The Kier molecular flexibility index (Phi) is 6.87. The molecule has 3 heterocycles. The standard InChI is InChI=1S/C26H32N6O2/c27-25-22(13-19(14-29-25)20-15-30-32(16-20)21-9-11-28-12-10-21)26(33)31-23-7-4-8-24(23)34-17-18-5-2-1-3-6-18/h1-3,5-6,13-16,21,23-24,28H,4,7-12,17H2,(H2,27,29)(H,31,33)/t23-,24?/m0/s1. The topological polar surface area (TPSA) is 107 Å². The fraction of sp³-hybridized carbons (Fsp3) is 0.423. The van der Waals surface area contributed by atoms with Crippen molar-refractivity contribution in [2.45, 2.75) is 56.9 Å². The number of amides is 1. The highest BCUT2D eigenvalue weighted by atomic mass is 16.5. The van der Waals surface area contributed by atoms with Crippen LogP contribution in [0.2, 0.25) is 0 Å². The van der Waals surface area contributed by atoms with Crippen molar-refractivity contribution in [2.24, 2.45) is 0 Å². The quantitative estimate of drug-likeness (QED) is 0.499. The summed E-state index contributed by atoms with van der Waals surface area (Å²) in [6, 6.07) is 12.3. The lowest BCUT2D eigenvalue weighted by atomic mass is 10.1. The molecule has 8 heteroatoms. The number of nitrogens with two attached hydrogens (primary N) is 1. The lowest BCUT2D eigenvalue weighted by Crippen LogP contribution is -2.41. The molecule has 1 aromatic carbocycles. The molecule has 0 spiro atoms. The normalized spacial score (nSPS) is 20.9. The molecule has 4 N–H and O–H groups in total. The van der Waals surface area contributed by atoms with Crippen LogP contribution < -0.4 is 16.4 Å². The first-order valence-corrected chi connectivity index (χ1v) is 12.1. The van der Waals surface area contributed by atoms with E-state index in [1.165, 1.54) is 0 Å². The number of nitrogen functional groups attached to an aromatic ring is 1. The van der Waals surface area contributed by atoms with Gasteiger partial charge in [0.05, 0.1) is 36.6 Å². The summed E-state index contributed by atoms with van der Waals surface area (Å²) in [6.07, 6.45) is 10.5. The van der Waals surface area contributed by atoms with E-state index in [0.29, 0.717) is 18.2 Å². The van der Waals surface area contributed by atoms with Gasteiger partial charge >= 0.3 is 0 Å². The molecular weight excluding hydrogens is 428 g/mol. The number of nitrogens with one attached hydrogen (secondary N) is 2. The molecule has 8 nitrogen and oxygen atoms in total. The van der Waals surface area contributed by atoms with Gasteiger partial charge in [0.1, 0.15) is 5.82 Å². The summed E-state index contributed by atoms with van der Waals surface area (Å²) in [5, 5.41) is 11.1. The minimum atomic E-state index is -0.210. The number of aromatic nitrogens is 3. The van der Waals surface area contributed by atoms with Gasteiger partial charge < -0.3 is 21.1 Å². The van der Waals surface area contributed by atoms with E-state index in [2.05, 4.69) is 20.7 Å². The molecule has 0 bridgehead atoms. The van der Waals surface area contributed by atoms with E-state index >= 15 is 0 Å². The van der Waals surface area contributed by atoms with Crippen molar-refractivity contribution >= 4 is 11.7 Å². The molecule has 0 radical (unpaired) electrons. The van der Waals surface area contributed by atoms with Gasteiger partial charge in [0.2, 0.25) is 0 Å². The Morgan fingerprint density at radius 2 is 1.94 bits per heavy atom. The zero-order valence-corrected chi connectivity index (χ0v) is 19.3. The molecule has 2 atom stereocenters. The van der Waals surface area contributed by atoms with Crippen LogP contribution in [0.5, 0.6) is 0 Å². The largest absolute Gasteiger partial charge is 0.383 e. The van der Waals surface area contributed by atoms with E-state index < -0.39 is 0 Å². The molecule has 5 rings (SSSR count). The molecule has 3 aromatic rings. The molecule has 34 heavy (non-hydrogen) atoms. The van der Waals surface area contributed by atoms with E-state index in [4.69, 9.17) is 10.5 Å². The van der Waals surface area contributed by atoms with Gasteiger partial charge in [0.25, 0.3) is 5.91 Å². The number of pyridine rings is 1. The van der Waals surface area contributed by atoms with Crippen LogP contribution >= 0.6 is 0 Å². The van der Waals surface area contributed by atoms with Crippen LogP contribution in [0.15, 0.2) is 55.0 Å². The molecule has 2 aromatic heterocycles. The lowest BCUT2D eigenvalue weighted by molar-refractivity contribution is 0.0272. The zero-order valence-electron chi connectivity index (χ0n) is 19.3. The molecule has 2 fully saturated rings. The van der Waals surface area contributed by atoms with E-state index in [1.54, 1.807) is 6.20 Å². The lowest BCUT2D eigenvalue weighted by Gasteiger charge is -2.22. The first kappa shape index (κ1) is 22.6. The molecule has 2 aliphatic rings. The van der Waals surface area contributed by atoms with Crippen LogP contribution in [-0.4, -0.2) is 45.9 Å². The smallest absolute Gasteiger partial charge is 0.255 e. The summed E-state index contributed by atoms with van der Waals surface area (Å²) >= 11 is 0. The summed E-state index contributed by atoms with van der Waals surface area (Å²) < 4.78 is 8.17. The van der Waals surface area contributed by atoms with Crippen LogP contribution in [-0.2, 0) is 11.3 Å². The second-order valence-corrected chi connectivity index (χ2v) is 9.19. The van der Waals surface area contributed by atoms with Crippen LogP contribution in [0, 0.1) is 0 Å². The van der Waals surface area contributed by atoms with Gasteiger partial charge in [-0.3, -0.25) is 9.48 Å². The second kappa shape index (κ2) is 10.4. The van der Waals surface area contributed by atoms with Gasteiger partial charge in [-0.05, 0) is 56.8 Å². The van der Waals surface area contributed by atoms with Crippen molar-refractivity contribution in [3.8, 4) is 11.1 Å². The second-order valence-electron chi connectivity index (χ2n) is 9.19. The summed E-state index contributed by atoms with van der Waals surface area (Å²) in [6.45, 7) is 2.55. The average molecular weight is 461 g/mol. The Bertz CT molecular complexity index is 1110. The van der Waals surface area contributed by atoms with Crippen molar-refractivity contribution in [3.05, 3.63) is 66.1 Å². The van der Waals surface area contributed by atoms with Crippen molar-refractivity contribution in [3.63, 3.8) is 0 Å². The number of carbonyl (C=O) groups excluding carboxylic acids is 1. The fourth-order valence-corrected chi connectivity index (χ4v) is 4.89. The molecule has 1 saturated heterocycles. The first-order valence-electron chi connectivity index (χ1n) is 12.1. The zero-order chi connectivity index (χ0) is 23.3. The fourth-order valence-electron chi connectivity index (χ4n) is 4.89. The molecule has 1 aliphatic carbocycles. The maximum atomic E-state index is 13.2. The van der Waals surface area contributed by atoms with Gasteiger partial charge in [-0.2, -0.15) is 5.10 Å². The van der Waals surface area contributed by atoms with Crippen molar-refractivity contribution < 1.29 is 9.53 Å². The van der Waals surface area contributed by atoms with Gasteiger partial charge in [-0.1, -0.05) is 30.3 Å². The van der Waals surface area contributed by atoms with Crippen molar-refractivity contribution in [1.82, 2.24) is 25.4 Å². The minimum absolute atomic E-state index is 0.00950. The third kappa shape index (κ3) is 5.13. The first-order chi connectivity index (χ1) is 16.7. The highest BCUT2D eigenvalue weighted by molar-refractivity contribution is 5.99. The summed E-state index contributed by atoms with van der Waals surface area (Å²) in [4.78, 5) is 17.5. The number of piperidine rings is 1. The van der Waals surface area contributed by atoms with Gasteiger partial charge in [0, 0.05) is 23.5 Å². The van der Waals surface area contributed by atoms with Crippen LogP contribution in [0.4, 0.5) is 5.82 Å². The average Bonchev–Trinajstić information content (AvgIpc) is 3.54. The number of carbonyl (C=O) groups is 1. The number of nitrogens with zero attached hydrogens (tertiary/aromatic N) is 3. The Morgan fingerprint density at radius 3 is 2.76 bits per heavy atom. The third-order valence-corrected chi connectivity index (χ3v) is 6.86. The molecular formula is C26H32N6O2. The number of anilines is 1. The number of hydrogen-bond donors (Lipinski definition) is 3. The summed E-state index contributed by atoms with van der Waals surface area (Å²) in [7, 11) is 0. The monoisotopic (exact) mass is 460 g/mol. The van der Waals surface area contributed by atoms with Crippen molar-refractivity contribution in [1.29, 1.82) is 0 Å². The molecule has 1 saturated carbocycles. The number of hydrogen-bond acceptors (Lipinski definition) is 6. The molecule has 1 unspecified atom stereocenters. The van der Waals surface area contributed by atoms with Crippen molar-refractivity contribution in [2.75, 3.05) is 18.8 Å². The number of ether oxygens (including phenoxy) is 1. The Balaban J connectivity index is 1.26. The van der Waals surface area contributed by atoms with Gasteiger partial charge in [-0.25, -0.2) is 4.98 Å². The van der Waals surface area contributed by atoms with Crippen LogP contribution in [0.1, 0.15) is 54.1 Å². The Morgan fingerprint density at radius 1 is 1.12 bits per heavy atom. The highest BCUT2D eigenvalue weighted by Gasteiger charge is 2.30. The Labute approximate surface area is 199 Å². The maximum Gasteiger partial charge on any atom is 0.255 e. The number of rotatable bonds is 7. The van der Waals surface area contributed by atoms with Crippen LogP contribution in [0.3, 0.4) is 0 Å². The van der Waals surface area contributed by atoms with Gasteiger partial charge in [-0.15, -0.1) is 0 Å². The summed E-state index contributed by atoms with van der Waals surface area (Å²) in [5.41, 5.74) is 9.39. The third-order valence-electron chi connectivity index (χ3n) is 6.86. The predicted octanol–water partition coefficient (Wildman–Crippen LogP) is 3.32. The van der Waals surface area contributed by atoms with E-state index in [-0.39, 0.29) is 23.9 Å². The van der Waals surface area contributed by atoms with E-state index in [9.17, 15) is 4.79 Å². The van der Waals surface area contributed by atoms with E-state index in [0.717, 1.165) is 61.9 Å². The van der Waals surface area contributed by atoms with Gasteiger partial charge in [0.15, 0.2) is 0 Å². The Hall–Kier alpha value is -3.23. The minimum Gasteiger partial charge on any atom is -0.383 e. The SMILES string of the molecule is Nc1ncc(-c2cnn(C3CCNCC3)c2)cc1C(=O)N[C@H]1CCCC1OCc1ccccc1. The number of benzene rings is 1.